The fraction of sp³-hybridized carbons (Fsp3) is 0.200. The van der Waals surface area contributed by atoms with Gasteiger partial charge in [-0.2, -0.15) is 0 Å². The predicted molar refractivity (Wildman–Crippen MR) is 79.1 cm³/mol. The van der Waals surface area contributed by atoms with E-state index in [1.165, 1.54) is 19.2 Å². The number of methoxy groups -OCH3 is 1. The van der Waals surface area contributed by atoms with E-state index in [0.29, 0.717) is 21.5 Å². The molecule has 106 valence electrons. The molecule has 2 rings (SSSR count). The van der Waals surface area contributed by atoms with E-state index in [-0.39, 0.29) is 11.9 Å². The molecule has 2 nitrogen and oxygen atoms in total. The maximum atomic E-state index is 14.0. The molecule has 2 aromatic rings. The first-order chi connectivity index (χ1) is 9.52. The molecule has 0 spiro atoms. The van der Waals surface area contributed by atoms with Gasteiger partial charge in [0.15, 0.2) is 0 Å². The minimum absolute atomic E-state index is 0.315. The normalized spacial score (nSPS) is 12.1. The summed E-state index contributed by atoms with van der Waals surface area (Å²) in [5.74, 6) is -0.331. The number of benzene rings is 2. The van der Waals surface area contributed by atoms with Gasteiger partial charge in [-0.05, 0) is 41.1 Å². The molecule has 0 fully saturated rings. The highest BCUT2D eigenvalue weighted by atomic mass is 79.9. The quantitative estimate of drug-likeness (QED) is 0.853. The molecule has 0 aliphatic carbocycles. The molecular weight excluding hydrogens is 328 g/mol. The molecule has 0 amide bonds. The van der Waals surface area contributed by atoms with Crippen LogP contribution in [-0.2, 0) is 0 Å². The highest BCUT2D eigenvalue weighted by molar-refractivity contribution is 9.10. The summed E-state index contributed by atoms with van der Waals surface area (Å²) in [6, 6.07) is 8.90. The van der Waals surface area contributed by atoms with Gasteiger partial charge in [-0.3, -0.25) is 0 Å². The Morgan fingerprint density at radius 2 is 1.90 bits per heavy atom. The SMILES string of the molecule is COc1ccc(C(C)Nc2c(F)cccc2Br)c(F)c1. The van der Waals surface area contributed by atoms with Gasteiger partial charge >= 0.3 is 0 Å². The summed E-state index contributed by atoms with van der Waals surface area (Å²) in [7, 11) is 1.48. The second-order valence-electron chi connectivity index (χ2n) is 4.35. The van der Waals surface area contributed by atoms with Gasteiger partial charge < -0.3 is 10.1 Å². The second-order valence-corrected chi connectivity index (χ2v) is 5.20. The lowest BCUT2D eigenvalue weighted by molar-refractivity contribution is 0.410. The Bertz CT molecular complexity index is 599. The van der Waals surface area contributed by atoms with Crippen molar-refractivity contribution >= 4 is 21.6 Å². The van der Waals surface area contributed by atoms with E-state index >= 15 is 0 Å². The van der Waals surface area contributed by atoms with Crippen molar-refractivity contribution in [2.24, 2.45) is 0 Å². The number of rotatable bonds is 4. The van der Waals surface area contributed by atoms with E-state index in [9.17, 15) is 8.78 Å². The van der Waals surface area contributed by atoms with Crippen molar-refractivity contribution in [3.63, 3.8) is 0 Å². The van der Waals surface area contributed by atoms with Gasteiger partial charge in [0.05, 0.1) is 18.8 Å². The summed E-state index contributed by atoms with van der Waals surface area (Å²) in [5.41, 5.74) is 0.760. The molecule has 2 aromatic carbocycles. The minimum Gasteiger partial charge on any atom is -0.497 e. The van der Waals surface area contributed by atoms with Crippen molar-refractivity contribution in [1.82, 2.24) is 0 Å². The van der Waals surface area contributed by atoms with Crippen LogP contribution in [0.1, 0.15) is 18.5 Å². The molecule has 0 bridgehead atoms. The number of halogens is 3. The van der Waals surface area contributed by atoms with Crippen LogP contribution in [0.25, 0.3) is 0 Å². The number of para-hydroxylation sites is 1. The van der Waals surface area contributed by atoms with E-state index in [2.05, 4.69) is 21.2 Å². The highest BCUT2D eigenvalue weighted by Gasteiger charge is 2.15. The predicted octanol–water partition coefficient (Wildman–Crippen LogP) is 4.91. The Balaban J connectivity index is 2.26. The Hall–Kier alpha value is -1.62. The van der Waals surface area contributed by atoms with E-state index in [1.807, 2.05) is 0 Å². The van der Waals surface area contributed by atoms with Crippen molar-refractivity contribution < 1.29 is 13.5 Å². The summed E-state index contributed by atoms with van der Waals surface area (Å²) in [6.45, 7) is 1.77. The van der Waals surface area contributed by atoms with E-state index < -0.39 is 5.82 Å². The fourth-order valence-electron chi connectivity index (χ4n) is 1.92. The number of nitrogens with one attached hydrogen (secondary N) is 1. The number of hydrogen-bond acceptors (Lipinski definition) is 2. The van der Waals surface area contributed by atoms with Gasteiger partial charge in [0.25, 0.3) is 0 Å². The van der Waals surface area contributed by atoms with Crippen LogP contribution >= 0.6 is 15.9 Å². The van der Waals surface area contributed by atoms with Crippen molar-refractivity contribution in [3.05, 3.63) is 58.1 Å². The molecule has 0 radical (unpaired) electrons. The lowest BCUT2D eigenvalue weighted by Gasteiger charge is -2.18. The third-order valence-corrected chi connectivity index (χ3v) is 3.66. The van der Waals surface area contributed by atoms with Gasteiger partial charge in [-0.1, -0.05) is 12.1 Å². The lowest BCUT2D eigenvalue weighted by Crippen LogP contribution is -2.10. The summed E-state index contributed by atoms with van der Waals surface area (Å²) < 4.78 is 33.3. The second kappa shape index (κ2) is 6.22. The molecule has 0 aliphatic rings. The average Bonchev–Trinajstić information content (AvgIpc) is 2.42. The summed E-state index contributed by atoms with van der Waals surface area (Å²) in [4.78, 5) is 0. The first-order valence-electron chi connectivity index (χ1n) is 6.07. The van der Waals surface area contributed by atoms with Gasteiger partial charge in [0.2, 0.25) is 0 Å². The Morgan fingerprint density at radius 1 is 1.15 bits per heavy atom. The zero-order valence-corrected chi connectivity index (χ0v) is 12.7. The summed E-state index contributed by atoms with van der Waals surface area (Å²) in [6.07, 6.45) is 0. The van der Waals surface area contributed by atoms with Crippen LogP contribution in [0.15, 0.2) is 40.9 Å². The number of anilines is 1. The molecule has 1 atom stereocenters. The van der Waals surface area contributed by atoms with Gasteiger partial charge in [-0.15, -0.1) is 0 Å². The number of ether oxygens (including phenoxy) is 1. The van der Waals surface area contributed by atoms with Crippen molar-refractivity contribution in [2.45, 2.75) is 13.0 Å². The zero-order chi connectivity index (χ0) is 14.7. The highest BCUT2D eigenvalue weighted by Crippen LogP contribution is 2.30. The Morgan fingerprint density at radius 3 is 2.50 bits per heavy atom. The van der Waals surface area contributed by atoms with Gasteiger partial charge in [-0.25, -0.2) is 8.78 Å². The van der Waals surface area contributed by atoms with E-state index in [0.717, 1.165) is 0 Å². The van der Waals surface area contributed by atoms with Crippen molar-refractivity contribution in [2.75, 3.05) is 12.4 Å². The fourth-order valence-corrected chi connectivity index (χ4v) is 2.37. The topological polar surface area (TPSA) is 21.3 Å². The smallest absolute Gasteiger partial charge is 0.147 e. The molecule has 0 saturated heterocycles. The average molecular weight is 342 g/mol. The van der Waals surface area contributed by atoms with Crippen molar-refractivity contribution in [3.8, 4) is 5.75 Å². The van der Waals surface area contributed by atoms with Crippen LogP contribution in [0.2, 0.25) is 0 Å². The van der Waals surface area contributed by atoms with Gasteiger partial charge in [0, 0.05) is 16.1 Å². The first kappa shape index (κ1) is 14.8. The molecule has 5 heteroatoms. The molecule has 0 aliphatic heterocycles. The van der Waals surface area contributed by atoms with Crippen LogP contribution in [0.5, 0.6) is 5.75 Å². The van der Waals surface area contributed by atoms with Gasteiger partial charge in [0.1, 0.15) is 17.4 Å². The Labute approximate surface area is 124 Å². The zero-order valence-electron chi connectivity index (χ0n) is 11.1. The summed E-state index contributed by atoms with van der Waals surface area (Å²) >= 11 is 3.27. The van der Waals surface area contributed by atoms with E-state index in [4.69, 9.17) is 4.74 Å². The third kappa shape index (κ3) is 3.10. The van der Waals surface area contributed by atoms with Crippen LogP contribution in [0, 0.1) is 11.6 Å². The lowest BCUT2D eigenvalue weighted by atomic mass is 10.1. The molecule has 20 heavy (non-hydrogen) atoms. The first-order valence-corrected chi connectivity index (χ1v) is 6.86. The molecular formula is C15H14BrF2NO. The minimum atomic E-state index is -0.392. The molecule has 0 aromatic heterocycles. The largest absolute Gasteiger partial charge is 0.497 e. The summed E-state index contributed by atoms with van der Waals surface area (Å²) in [5, 5.41) is 2.97. The maximum absolute atomic E-state index is 14.0. The third-order valence-electron chi connectivity index (χ3n) is 3.00. The molecule has 0 heterocycles. The number of hydrogen-bond donors (Lipinski definition) is 1. The van der Waals surface area contributed by atoms with Crippen LogP contribution in [0.4, 0.5) is 14.5 Å². The Kier molecular flexibility index (Phi) is 4.60. The van der Waals surface area contributed by atoms with E-state index in [1.54, 1.807) is 31.2 Å². The molecule has 1 N–H and O–H groups in total. The molecule has 1 unspecified atom stereocenters. The molecule has 0 saturated carbocycles. The van der Waals surface area contributed by atoms with Crippen LogP contribution < -0.4 is 10.1 Å². The standard InChI is InChI=1S/C15H14BrF2NO/c1-9(11-7-6-10(20-2)8-14(11)18)19-15-12(16)4-3-5-13(15)17/h3-9,19H,1-2H3. The van der Waals surface area contributed by atoms with Crippen LogP contribution in [0.3, 0.4) is 0 Å². The maximum Gasteiger partial charge on any atom is 0.147 e. The van der Waals surface area contributed by atoms with Crippen LogP contribution in [-0.4, -0.2) is 7.11 Å². The van der Waals surface area contributed by atoms with Crippen molar-refractivity contribution in [1.29, 1.82) is 0 Å². The monoisotopic (exact) mass is 341 g/mol.